The first-order chi connectivity index (χ1) is 13.1. The van der Waals surface area contributed by atoms with Crippen LogP contribution in [0.5, 0.6) is 0 Å². The van der Waals surface area contributed by atoms with E-state index in [9.17, 15) is 4.79 Å². The molecule has 1 aliphatic carbocycles. The van der Waals surface area contributed by atoms with Gasteiger partial charge in [0.05, 0.1) is 5.84 Å². The highest BCUT2D eigenvalue weighted by Crippen LogP contribution is 2.30. The minimum Gasteiger partial charge on any atom is -0.366 e. The highest BCUT2D eigenvalue weighted by molar-refractivity contribution is 5.94. The number of aryl methyl sites for hydroxylation is 1. The van der Waals surface area contributed by atoms with Gasteiger partial charge in [0.25, 0.3) is 0 Å². The minimum atomic E-state index is -0.416. The molecule has 1 heterocycles. The van der Waals surface area contributed by atoms with Gasteiger partial charge in [-0.2, -0.15) is 0 Å². The van der Waals surface area contributed by atoms with E-state index in [1.54, 1.807) is 12.1 Å². The average molecular weight is 360 g/mol. The Hall–Kier alpha value is -2.92. The molecule has 5 heteroatoms. The Morgan fingerprint density at radius 1 is 1.19 bits per heavy atom. The second-order valence-electron chi connectivity index (χ2n) is 7.12. The number of primary amides is 1. The van der Waals surface area contributed by atoms with Crippen LogP contribution in [0, 0.1) is 0 Å². The van der Waals surface area contributed by atoms with Crippen molar-refractivity contribution in [1.82, 2.24) is 10.6 Å². The molecule has 2 aromatic rings. The normalized spacial score (nSPS) is 21.5. The van der Waals surface area contributed by atoms with Gasteiger partial charge in [-0.1, -0.05) is 36.4 Å². The summed E-state index contributed by atoms with van der Waals surface area (Å²) in [6.07, 6.45) is 5.47. The predicted molar refractivity (Wildman–Crippen MR) is 108 cm³/mol. The van der Waals surface area contributed by atoms with Gasteiger partial charge in [0, 0.05) is 17.3 Å². The first-order valence-corrected chi connectivity index (χ1v) is 9.37. The Bertz CT molecular complexity index is 914. The van der Waals surface area contributed by atoms with Crippen molar-refractivity contribution in [3.05, 3.63) is 76.9 Å². The molecule has 27 heavy (non-hydrogen) atoms. The molecule has 2 aromatic carbocycles. The van der Waals surface area contributed by atoms with Crippen LogP contribution in [0.3, 0.4) is 0 Å². The minimum absolute atomic E-state index is 0.0896. The molecule has 0 saturated heterocycles. The number of carbonyl (C=O) groups excluding carboxylic acids is 1. The Balaban J connectivity index is 1.56. The number of nitrogens with two attached hydrogens (primary N) is 1. The summed E-state index contributed by atoms with van der Waals surface area (Å²) in [5.41, 5.74) is 10.6. The molecule has 4 N–H and O–H groups in total. The van der Waals surface area contributed by atoms with Gasteiger partial charge in [0.15, 0.2) is 0 Å². The number of amides is 1. The summed E-state index contributed by atoms with van der Waals surface area (Å²) in [6, 6.07) is 16.3. The summed E-state index contributed by atoms with van der Waals surface area (Å²) >= 11 is 0. The molecule has 1 aliphatic heterocycles. The fourth-order valence-corrected chi connectivity index (χ4v) is 3.87. The third-order valence-electron chi connectivity index (χ3n) is 5.19. The van der Waals surface area contributed by atoms with Gasteiger partial charge in [0.1, 0.15) is 6.17 Å². The van der Waals surface area contributed by atoms with E-state index in [-0.39, 0.29) is 6.17 Å². The van der Waals surface area contributed by atoms with Gasteiger partial charge in [-0.15, -0.1) is 0 Å². The number of fused-ring (bicyclic) bond motifs is 1. The number of carbonyl (C=O) groups is 1. The van der Waals surface area contributed by atoms with E-state index in [2.05, 4.69) is 41.0 Å². The lowest BCUT2D eigenvalue weighted by atomic mass is 9.87. The van der Waals surface area contributed by atoms with Crippen LogP contribution in [0.4, 0.5) is 0 Å². The maximum atomic E-state index is 11.3. The summed E-state index contributed by atoms with van der Waals surface area (Å²) < 4.78 is 0. The zero-order chi connectivity index (χ0) is 18.8. The molecular formula is C22H24N4O. The zero-order valence-corrected chi connectivity index (χ0v) is 15.4. The number of rotatable bonds is 4. The summed E-state index contributed by atoms with van der Waals surface area (Å²) in [5.74, 6) is 0.452. The lowest BCUT2D eigenvalue weighted by molar-refractivity contribution is 0.100. The molecule has 2 aliphatic rings. The molecule has 2 unspecified atom stereocenters. The maximum absolute atomic E-state index is 11.3. The van der Waals surface area contributed by atoms with Crippen LogP contribution < -0.4 is 16.4 Å². The van der Waals surface area contributed by atoms with Crippen LogP contribution in [0.25, 0.3) is 5.70 Å². The molecule has 5 nitrogen and oxygen atoms in total. The number of hydrogen-bond donors (Lipinski definition) is 3. The van der Waals surface area contributed by atoms with Crippen LogP contribution in [-0.4, -0.2) is 17.9 Å². The van der Waals surface area contributed by atoms with Gasteiger partial charge in [0.2, 0.25) is 5.91 Å². The van der Waals surface area contributed by atoms with Gasteiger partial charge in [-0.3, -0.25) is 10.1 Å². The molecule has 2 atom stereocenters. The SMILES string of the molecule is CC1=NC(NC2CCCc3ccccc32)C=C(c2ccc(C(N)=O)cc2)N1. The molecule has 0 fully saturated rings. The molecule has 0 aromatic heterocycles. The van der Waals surface area contributed by atoms with E-state index in [0.29, 0.717) is 11.6 Å². The maximum Gasteiger partial charge on any atom is 0.248 e. The average Bonchev–Trinajstić information content (AvgIpc) is 2.68. The molecule has 138 valence electrons. The van der Waals surface area contributed by atoms with Crippen molar-refractivity contribution in [3.8, 4) is 0 Å². The summed E-state index contributed by atoms with van der Waals surface area (Å²) in [7, 11) is 0. The van der Waals surface area contributed by atoms with E-state index < -0.39 is 5.91 Å². The van der Waals surface area contributed by atoms with E-state index in [4.69, 9.17) is 10.7 Å². The van der Waals surface area contributed by atoms with Crippen molar-refractivity contribution in [3.63, 3.8) is 0 Å². The molecule has 0 spiro atoms. The largest absolute Gasteiger partial charge is 0.366 e. The molecular weight excluding hydrogens is 336 g/mol. The summed E-state index contributed by atoms with van der Waals surface area (Å²) in [6.45, 7) is 1.97. The van der Waals surface area contributed by atoms with Crippen molar-refractivity contribution in [2.24, 2.45) is 10.7 Å². The van der Waals surface area contributed by atoms with Crippen molar-refractivity contribution in [2.75, 3.05) is 0 Å². The molecule has 1 amide bonds. The smallest absolute Gasteiger partial charge is 0.248 e. The van der Waals surface area contributed by atoms with Crippen molar-refractivity contribution in [2.45, 2.75) is 38.4 Å². The number of nitrogens with one attached hydrogen (secondary N) is 2. The van der Waals surface area contributed by atoms with Crippen LogP contribution in [0.15, 0.2) is 59.6 Å². The molecule has 0 radical (unpaired) electrons. The van der Waals surface area contributed by atoms with E-state index in [1.165, 1.54) is 17.5 Å². The third-order valence-corrected chi connectivity index (χ3v) is 5.19. The van der Waals surface area contributed by atoms with Gasteiger partial charge in [-0.25, -0.2) is 4.99 Å². The van der Waals surface area contributed by atoms with Crippen molar-refractivity contribution in [1.29, 1.82) is 0 Å². The number of hydrogen-bond acceptors (Lipinski definition) is 4. The second-order valence-corrected chi connectivity index (χ2v) is 7.12. The Labute approximate surface area is 159 Å². The zero-order valence-electron chi connectivity index (χ0n) is 15.4. The summed E-state index contributed by atoms with van der Waals surface area (Å²) in [5, 5.41) is 7.02. The van der Waals surface area contributed by atoms with Crippen LogP contribution in [-0.2, 0) is 6.42 Å². The standard InChI is InChI=1S/C22H24N4O/c1-14-24-20(16-9-11-17(12-10-16)22(23)27)13-21(25-14)26-19-8-4-6-15-5-2-3-7-18(15)19/h2-3,5,7,9-13,19,21,26H,4,6,8H2,1H3,(H2,23,27)(H,24,25). The van der Waals surface area contributed by atoms with Gasteiger partial charge < -0.3 is 11.1 Å². The lowest BCUT2D eigenvalue weighted by Crippen LogP contribution is -2.37. The van der Waals surface area contributed by atoms with Gasteiger partial charge in [-0.05, 0) is 61.1 Å². The highest BCUT2D eigenvalue weighted by Gasteiger charge is 2.23. The van der Waals surface area contributed by atoms with Crippen LogP contribution >= 0.6 is 0 Å². The molecule has 0 saturated carbocycles. The van der Waals surface area contributed by atoms with Crippen LogP contribution in [0.1, 0.15) is 52.9 Å². The number of aliphatic imine (C=N–C) groups is 1. The number of nitrogens with zero attached hydrogens (tertiary/aromatic N) is 1. The lowest BCUT2D eigenvalue weighted by Gasteiger charge is -2.30. The van der Waals surface area contributed by atoms with Gasteiger partial charge >= 0.3 is 0 Å². The Kier molecular flexibility index (Phi) is 4.77. The quantitative estimate of drug-likeness (QED) is 0.784. The third kappa shape index (κ3) is 3.78. The van der Waals surface area contributed by atoms with E-state index in [0.717, 1.165) is 29.9 Å². The number of amidine groups is 1. The molecule has 0 bridgehead atoms. The second kappa shape index (κ2) is 7.37. The fourth-order valence-electron chi connectivity index (χ4n) is 3.87. The predicted octanol–water partition coefficient (Wildman–Crippen LogP) is 3.14. The van der Waals surface area contributed by atoms with Crippen LogP contribution in [0.2, 0.25) is 0 Å². The topological polar surface area (TPSA) is 79.5 Å². The molecule has 4 rings (SSSR count). The van der Waals surface area contributed by atoms with E-state index >= 15 is 0 Å². The first-order valence-electron chi connectivity index (χ1n) is 9.37. The summed E-state index contributed by atoms with van der Waals surface area (Å²) in [4.78, 5) is 16.0. The van der Waals surface area contributed by atoms with Crippen molar-refractivity contribution >= 4 is 17.4 Å². The highest BCUT2D eigenvalue weighted by atomic mass is 16.1. The van der Waals surface area contributed by atoms with Crippen molar-refractivity contribution < 1.29 is 4.79 Å². The fraction of sp³-hybridized carbons (Fsp3) is 0.273. The Morgan fingerprint density at radius 3 is 2.74 bits per heavy atom. The van der Waals surface area contributed by atoms with E-state index in [1.807, 2.05) is 19.1 Å². The Morgan fingerprint density at radius 2 is 1.96 bits per heavy atom. The number of benzene rings is 2. The first kappa shape index (κ1) is 17.5. The monoisotopic (exact) mass is 360 g/mol.